The van der Waals surface area contributed by atoms with Crippen molar-refractivity contribution in [2.24, 2.45) is 27.0 Å². The molecule has 1 amide bonds. The highest BCUT2D eigenvalue weighted by atomic mass is 32.2. The molecule has 0 heterocycles. The first kappa shape index (κ1) is 20.1. The average molecular weight is 350 g/mol. The van der Waals surface area contributed by atoms with Crippen LogP contribution in [0.1, 0.15) is 20.3 Å². The van der Waals surface area contributed by atoms with E-state index in [1.165, 1.54) is 11.9 Å². The van der Waals surface area contributed by atoms with Crippen LogP contribution in [-0.2, 0) is 4.79 Å². The first-order chi connectivity index (χ1) is 11.5. The van der Waals surface area contributed by atoms with Gasteiger partial charge in [-0.05, 0) is 55.6 Å². The molecule has 0 aromatic heterocycles. The van der Waals surface area contributed by atoms with E-state index >= 15 is 0 Å². The van der Waals surface area contributed by atoms with Crippen molar-refractivity contribution < 1.29 is 4.79 Å². The summed E-state index contributed by atoms with van der Waals surface area (Å²) in [6.45, 7) is 4.38. The van der Waals surface area contributed by atoms with Crippen LogP contribution < -0.4 is 21.6 Å². The van der Waals surface area contributed by atoms with E-state index in [2.05, 4.69) is 34.6 Å². The second-order valence-corrected chi connectivity index (χ2v) is 6.39. The lowest BCUT2D eigenvalue weighted by atomic mass is 10.0. The molecule has 1 rings (SSSR count). The number of benzene rings is 1. The van der Waals surface area contributed by atoms with Gasteiger partial charge in [-0.25, -0.2) is 0 Å². The molecule has 7 nitrogen and oxygen atoms in total. The molecule has 1 atom stereocenters. The molecular weight excluding hydrogens is 324 g/mol. The summed E-state index contributed by atoms with van der Waals surface area (Å²) in [5.74, 6) is 5.71. The molecule has 0 aliphatic carbocycles. The smallest absolute Gasteiger partial charge is 0.237 e. The third-order valence-corrected chi connectivity index (χ3v) is 3.86. The number of nitrogens with one attached hydrogen (secondary N) is 2. The van der Waals surface area contributed by atoms with Crippen molar-refractivity contribution in [1.29, 1.82) is 0 Å². The Labute approximate surface area is 147 Å². The molecule has 0 radical (unpaired) electrons. The summed E-state index contributed by atoms with van der Waals surface area (Å²) in [6.07, 6.45) is 2.30. The third kappa shape index (κ3) is 7.12. The lowest BCUT2D eigenvalue weighted by Gasteiger charge is -2.17. The standard InChI is InChI=1S/C16H26N6OS/c1-11(2)8-15(19-3)16(23)21-10-13(22-17)9-20-12-4-6-14(24-18)7-5-12/h4-7,9,11,15,19H,8,10,17-18H2,1-3H3,(H,21,23). The molecule has 1 aromatic carbocycles. The number of nitrogens with zero attached hydrogens (tertiary/aromatic N) is 2. The Morgan fingerprint density at radius 1 is 1.33 bits per heavy atom. The average Bonchev–Trinajstić information content (AvgIpc) is 2.59. The number of aliphatic imine (C=N–C) groups is 1. The summed E-state index contributed by atoms with van der Waals surface area (Å²) < 4.78 is 0. The maximum absolute atomic E-state index is 12.1. The van der Waals surface area contributed by atoms with Crippen LogP contribution in [0.15, 0.2) is 39.3 Å². The van der Waals surface area contributed by atoms with Crippen molar-refractivity contribution in [3.63, 3.8) is 0 Å². The minimum atomic E-state index is -0.234. The van der Waals surface area contributed by atoms with Gasteiger partial charge >= 0.3 is 0 Å². The molecule has 6 N–H and O–H groups in total. The topological polar surface area (TPSA) is 118 Å². The molecule has 132 valence electrons. The van der Waals surface area contributed by atoms with Gasteiger partial charge in [-0.1, -0.05) is 13.8 Å². The zero-order chi connectivity index (χ0) is 17.9. The van der Waals surface area contributed by atoms with Crippen molar-refractivity contribution in [2.45, 2.75) is 31.2 Å². The Morgan fingerprint density at radius 3 is 2.50 bits per heavy atom. The molecule has 0 saturated heterocycles. The lowest BCUT2D eigenvalue weighted by molar-refractivity contribution is -0.123. The van der Waals surface area contributed by atoms with Crippen molar-refractivity contribution in [2.75, 3.05) is 13.6 Å². The van der Waals surface area contributed by atoms with Gasteiger partial charge in [0.2, 0.25) is 5.91 Å². The van der Waals surface area contributed by atoms with Gasteiger partial charge < -0.3 is 16.5 Å². The van der Waals surface area contributed by atoms with Crippen LogP contribution in [0, 0.1) is 5.92 Å². The van der Waals surface area contributed by atoms with Gasteiger partial charge in [-0.2, -0.15) is 5.10 Å². The molecule has 0 fully saturated rings. The molecule has 1 aromatic rings. The monoisotopic (exact) mass is 350 g/mol. The van der Waals surface area contributed by atoms with Crippen molar-refractivity contribution in [3.05, 3.63) is 24.3 Å². The normalized spacial score (nSPS) is 13.5. The Bertz CT molecular complexity index is 570. The second kappa shape index (κ2) is 10.8. The molecule has 0 saturated carbocycles. The Balaban J connectivity index is 2.57. The number of carbonyl (C=O) groups is 1. The van der Waals surface area contributed by atoms with E-state index in [1.807, 2.05) is 24.3 Å². The summed E-state index contributed by atoms with van der Waals surface area (Å²) in [7, 11) is 1.77. The zero-order valence-corrected chi connectivity index (χ0v) is 15.1. The number of likely N-dealkylation sites (N-methyl/N-ethyl adjacent to an activating group) is 1. The number of rotatable bonds is 9. The van der Waals surface area contributed by atoms with Crippen LogP contribution in [-0.4, -0.2) is 37.5 Å². The summed E-state index contributed by atoms with van der Waals surface area (Å²) in [4.78, 5) is 17.4. The number of nitrogens with two attached hydrogens (primary N) is 2. The number of hydrazone groups is 1. The lowest BCUT2D eigenvalue weighted by Crippen LogP contribution is -2.45. The molecular formula is C16H26N6OS. The van der Waals surface area contributed by atoms with Crippen molar-refractivity contribution in [3.8, 4) is 0 Å². The highest BCUT2D eigenvalue weighted by Crippen LogP contribution is 2.17. The number of hydrogen-bond acceptors (Lipinski definition) is 7. The van der Waals surface area contributed by atoms with Crippen molar-refractivity contribution >= 4 is 35.5 Å². The van der Waals surface area contributed by atoms with Gasteiger partial charge in [0.15, 0.2) is 0 Å². The van der Waals surface area contributed by atoms with Crippen LogP contribution >= 0.6 is 11.9 Å². The van der Waals surface area contributed by atoms with Crippen LogP contribution in [0.5, 0.6) is 0 Å². The first-order valence-corrected chi connectivity index (χ1v) is 8.60. The molecule has 1 unspecified atom stereocenters. The maximum Gasteiger partial charge on any atom is 0.237 e. The van der Waals surface area contributed by atoms with E-state index in [0.717, 1.165) is 17.0 Å². The van der Waals surface area contributed by atoms with E-state index in [9.17, 15) is 4.79 Å². The van der Waals surface area contributed by atoms with E-state index < -0.39 is 0 Å². The first-order valence-electron chi connectivity index (χ1n) is 7.72. The summed E-state index contributed by atoms with van der Waals surface area (Å²) in [5, 5.41) is 15.0. The molecule has 0 spiro atoms. The van der Waals surface area contributed by atoms with Crippen LogP contribution in [0.4, 0.5) is 5.69 Å². The predicted octanol–water partition coefficient (Wildman–Crippen LogP) is 1.42. The number of amides is 1. The molecule has 24 heavy (non-hydrogen) atoms. The largest absolute Gasteiger partial charge is 0.349 e. The Kier molecular flexibility index (Phi) is 9.06. The number of hydrogen-bond donors (Lipinski definition) is 4. The summed E-state index contributed by atoms with van der Waals surface area (Å²) >= 11 is 1.18. The fourth-order valence-corrected chi connectivity index (χ4v) is 2.31. The summed E-state index contributed by atoms with van der Waals surface area (Å²) in [6, 6.07) is 7.21. The maximum atomic E-state index is 12.1. The van der Waals surface area contributed by atoms with Crippen molar-refractivity contribution in [1.82, 2.24) is 10.6 Å². The van der Waals surface area contributed by atoms with E-state index in [4.69, 9.17) is 11.0 Å². The van der Waals surface area contributed by atoms with E-state index in [1.54, 1.807) is 13.3 Å². The molecule has 0 bridgehead atoms. The zero-order valence-electron chi connectivity index (χ0n) is 14.3. The van der Waals surface area contributed by atoms with Crippen LogP contribution in [0.3, 0.4) is 0 Å². The summed E-state index contributed by atoms with van der Waals surface area (Å²) in [5.41, 5.74) is 1.24. The predicted molar refractivity (Wildman–Crippen MR) is 102 cm³/mol. The fraction of sp³-hybridized carbons (Fsp3) is 0.438. The SMILES string of the molecule is CNC(CC(C)C)C(=O)NCC(C=Nc1ccc(SN)cc1)=NN. The van der Waals surface area contributed by atoms with Gasteiger partial charge in [0.25, 0.3) is 0 Å². The minimum Gasteiger partial charge on any atom is -0.349 e. The quantitative estimate of drug-likeness (QED) is 0.232. The van der Waals surface area contributed by atoms with Gasteiger partial charge in [0.05, 0.1) is 30.2 Å². The van der Waals surface area contributed by atoms with Crippen LogP contribution in [0.2, 0.25) is 0 Å². The highest BCUT2D eigenvalue weighted by molar-refractivity contribution is 7.97. The fourth-order valence-electron chi connectivity index (χ4n) is 2.01. The van der Waals surface area contributed by atoms with Gasteiger partial charge in [0, 0.05) is 4.90 Å². The minimum absolute atomic E-state index is 0.0786. The molecule has 0 aliphatic rings. The van der Waals surface area contributed by atoms with Gasteiger partial charge in [-0.3, -0.25) is 14.9 Å². The highest BCUT2D eigenvalue weighted by Gasteiger charge is 2.17. The third-order valence-electron chi connectivity index (χ3n) is 3.32. The van der Waals surface area contributed by atoms with Gasteiger partial charge in [0.1, 0.15) is 0 Å². The van der Waals surface area contributed by atoms with Crippen LogP contribution in [0.25, 0.3) is 0 Å². The molecule has 0 aliphatic heterocycles. The molecule has 8 heteroatoms. The number of carbonyl (C=O) groups excluding carboxylic acids is 1. The second-order valence-electron chi connectivity index (χ2n) is 5.68. The van der Waals surface area contributed by atoms with E-state index in [0.29, 0.717) is 11.6 Å². The van der Waals surface area contributed by atoms with E-state index in [-0.39, 0.29) is 18.5 Å². The Morgan fingerprint density at radius 2 is 2.00 bits per heavy atom. The van der Waals surface area contributed by atoms with Gasteiger partial charge in [-0.15, -0.1) is 0 Å². The Hall–Kier alpha value is -1.90.